The van der Waals surface area contributed by atoms with Crippen molar-refractivity contribution in [2.45, 2.75) is 25.9 Å². The second-order valence-corrected chi connectivity index (χ2v) is 6.99. The van der Waals surface area contributed by atoms with Crippen molar-refractivity contribution in [1.29, 1.82) is 0 Å². The smallest absolute Gasteiger partial charge is 0.157 e. The second kappa shape index (κ2) is 5.47. The first kappa shape index (κ1) is 13.4. The fourth-order valence-electron chi connectivity index (χ4n) is 3.63. The van der Waals surface area contributed by atoms with Gasteiger partial charge in [-0.25, -0.2) is 0 Å². The molecule has 3 heteroatoms. The molecule has 4 rings (SSSR count). The van der Waals surface area contributed by atoms with Crippen molar-refractivity contribution in [2.24, 2.45) is 0 Å². The van der Waals surface area contributed by atoms with Crippen LogP contribution in [0.3, 0.4) is 0 Å². The van der Waals surface area contributed by atoms with Crippen LogP contribution in [-0.4, -0.2) is 17.7 Å². The fraction of sp³-hybridized carbons (Fsp3) is 0.333. The van der Waals surface area contributed by atoms with Crippen LogP contribution in [0.5, 0.6) is 0 Å². The van der Waals surface area contributed by atoms with Gasteiger partial charge in [-0.1, -0.05) is 34.1 Å². The normalized spacial score (nSPS) is 16.8. The van der Waals surface area contributed by atoms with Gasteiger partial charge in [-0.2, -0.15) is 0 Å². The molecule has 0 amide bonds. The molecule has 1 saturated heterocycles. The molecule has 1 aliphatic heterocycles. The van der Waals surface area contributed by atoms with E-state index in [0.717, 1.165) is 11.1 Å². The van der Waals surface area contributed by atoms with Crippen molar-refractivity contribution >= 4 is 37.7 Å². The summed E-state index contributed by atoms with van der Waals surface area (Å²) in [6.07, 6.45) is 4.15. The Balaban J connectivity index is 1.88. The summed E-state index contributed by atoms with van der Waals surface area (Å²) in [6, 6.07) is 15.4. The number of hydrogen-bond donors (Lipinski definition) is 1. The third-order valence-corrected chi connectivity index (χ3v) is 5.17. The molecule has 1 aromatic heterocycles. The third-order valence-electron chi connectivity index (χ3n) is 4.68. The molecule has 0 bridgehead atoms. The SMILES string of the molecule is Brc1ccc2c(c1)c1ccccc1n2C[NH+]1CCCCC1. The summed E-state index contributed by atoms with van der Waals surface area (Å²) in [5, 5.41) is 2.72. The Morgan fingerprint density at radius 2 is 1.67 bits per heavy atom. The summed E-state index contributed by atoms with van der Waals surface area (Å²) in [7, 11) is 0. The van der Waals surface area contributed by atoms with E-state index in [1.165, 1.54) is 54.2 Å². The van der Waals surface area contributed by atoms with Crippen LogP contribution >= 0.6 is 15.9 Å². The van der Waals surface area contributed by atoms with Gasteiger partial charge in [0.1, 0.15) is 0 Å². The highest BCUT2D eigenvalue weighted by atomic mass is 79.9. The van der Waals surface area contributed by atoms with Crippen molar-refractivity contribution in [3.8, 4) is 0 Å². The predicted octanol–water partition coefficient (Wildman–Crippen LogP) is 3.58. The molecule has 0 atom stereocenters. The summed E-state index contributed by atoms with van der Waals surface area (Å²) in [5.41, 5.74) is 2.72. The molecule has 1 aliphatic rings. The quantitative estimate of drug-likeness (QED) is 0.728. The number of benzene rings is 2. The van der Waals surface area contributed by atoms with Gasteiger partial charge in [0.15, 0.2) is 6.67 Å². The first-order valence-corrected chi connectivity index (χ1v) is 8.62. The van der Waals surface area contributed by atoms with Gasteiger partial charge in [0.25, 0.3) is 0 Å². The molecular weight excluding hydrogens is 324 g/mol. The zero-order valence-electron chi connectivity index (χ0n) is 12.1. The topological polar surface area (TPSA) is 9.37 Å². The highest BCUT2D eigenvalue weighted by Gasteiger charge is 2.17. The zero-order chi connectivity index (χ0) is 14.2. The lowest BCUT2D eigenvalue weighted by Crippen LogP contribution is -3.12. The van der Waals surface area contributed by atoms with Crippen molar-refractivity contribution in [1.82, 2.24) is 4.57 Å². The summed E-state index contributed by atoms with van der Waals surface area (Å²) in [4.78, 5) is 1.71. The number of hydrogen-bond acceptors (Lipinski definition) is 0. The number of quaternary nitrogens is 1. The Labute approximate surface area is 133 Å². The average Bonchev–Trinajstić information content (AvgIpc) is 2.82. The number of rotatable bonds is 2. The van der Waals surface area contributed by atoms with Crippen LogP contribution in [0.2, 0.25) is 0 Å². The number of nitrogens with one attached hydrogen (secondary N) is 1. The monoisotopic (exact) mass is 343 g/mol. The fourth-order valence-corrected chi connectivity index (χ4v) is 3.99. The summed E-state index contributed by atoms with van der Waals surface area (Å²) in [5.74, 6) is 0. The molecule has 2 aromatic carbocycles. The minimum absolute atomic E-state index is 1.09. The van der Waals surface area contributed by atoms with Gasteiger partial charge in [-0.15, -0.1) is 0 Å². The van der Waals surface area contributed by atoms with Crippen LogP contribution in [0.1, 0.15) is 19.3 Å². The van der Waals surface area contributed by atoms with Gasteiger partial charge in [0, 0.05) is 15.2 Å². The lowest BCUT2D eigenvalue weighted by atomic mass is 10.1. The van der Waals surface area contributed by atoms with Gasteiger partial charge < -0.3 is 4.90 Å². The molecule has 108 valence electrons. The van der Waals surface area contributed by atoms with Gasteiger partial charge in [-0.3, -0.25) is 4.57 Å². The van der Waals surface area contributed by atoms with Crippen LogP contribution in [-0.2, 0) is 6.67 Å². The van der Waals surface area contributed by atoms with Crippen LogP contribution in [0.25, 0.3) is 21.8 Å². The minimum atomic E-state index is 1.09. The van der Waals surface area contributed by atoms with E-state index in [1.807, 2.05) is 0 Å². The maximum atomic E-state index is 3.61. The van der Waals surface area contributed by atoms with Crippen LogP contribution in [0.15, 0.2) is 46.9 Å². The molecule has 1 N–H and O–H groups in total. The standard InChI is InChI=1S/C18H19BrN2/c19-14-8-9-18-16(12-14)15-6-2-3-7-17(15)21(18)13-20-10-4-1-5-11-20/h2-3,6-9,12H,1,4-5,10-11,13H2/p+1. The van der Waals surface area contributed by atoms with Crippen molar-refractivity contribution in [2.75, 3.05) is 13.1 Å². The highest BCUT2D eigenvalue weighted by Crippen LogP contribution is 2.30. The molecule has 0 unspecified atom stereocenters. The molecule has 2 nitrogen and oxygen atoms in total. The van der Waals surface area contributed by atoms with Crippen molar-refractivity contribution < 1.29 is 4.90 Å². The Morgan fingerprint density at radius 1 is 0.905 bits per heavy atom. The van der Waals surface area contributed by atoms with Gasteiger partial charge in [0.05, 0.1) is 24.1 Å². The van der Waals surface area contributed by atoms with Crippen LogP contribution in [0.4, 0.5) is 0 Å². The third kappa shape index (κ3) is 2.39. The van der Waals surface area contributed by atoms with E-state index >= 15 is 0 Å². The molecule has 0 radical (unpaired) electrons. The summed E-state index contributed by atoms with van der Waals surface area (Å²) < 4.78 is 3.67. The number of aromatic nitrogens is 1. The average molecular weight is 344 g/mol. The molecule has 0 spiro atoms. The molecular formula is C18H20BrN2+. The van der Waals surface area contributed by atoms with Crippen LogP contribution < -0.4 is 4.90 Å². The minimum Gasteiger partial charge on any atom is -0.318 e. The summed E-state index contributed by atoms with van der Waals surface area (Å²) in [6.45, 7) is 3.71. The number of nitrogens with zero attached hydrogens (tertiary/aromatic N) is 1. The Kier molecular flexibility index (Phi) is 3.48. The van der Waals surface area contributed by atoms with E-state index in [0.29, 0.717) is 0 Å². The van der Waals surface area contributed by atoms with E-state index in [9.17, 15) is 0 Å². The zero-order valence-corrected chi connectivity index (χ0v) is 13.7. The molecule has 3 aromatic rings. The van der Waals surface area contributed by atoms with E-state index < -0.39 is 0 Å². The van der Waals surface area contributed by atoms with Crippen LogP contribution in [0, 0.1) is 0 Å². The van der Waals surface area contributed by atoms with Gasteiger partial charge in [0.2, 0.25) is 0 Å². The Morgan fingerprint density at radius 3 is 2.52 bits per heavy atom. The lowest BCUT2D eigenvalue weighted by molar-refractivity contribution is -0.926. The van der Waals surface area contributed by atoms with E-state index in [4.69, 9.17) is 0 Å². The van der Waals surface area contributed by atoms with Crippen molar-refractivity contribution in [3.05, 3.63) is 46.9 Å². The number of piperidine rings is 1. The number of para-hydroxylation sites is 1. The largest absolute Gasteiger partial charge is 0.318 e. The van der Waals surface area contributed by atoms with Gasteiger partial charge in [-0.05, 0) is 43.5 Å². The van der Waals surface area contributed by atoms with E-state index in [-0.39, 0.29) is 0 Å². The number of fused-ring (bicyclic) bond motifs is 3. The first-order valence-electron chi connectivity index (χ1n) is 7.83. The maximum absolute atomic E-state index is 3.61. The molecule has 0 saturated carbocycles. The van der Waals surface area contributed by atoms with Crippen molar-refractivity contribution in [3.63, 3.8) is 0 Å². The predicted molar refractivity (Wildman–Crippen MR) is 91.7 cm³/mol. The van der Waals surface area contributed by atoms with Gasteiger partial charge >= 0.3 is 0 Å². The molecule has 2 heterocycles. The maximum Gasteiger partial charge on any atom is 0.157 e. The molecule has 0 aliphatic carbocycles. The lowest BCUT2D eigenvalue weighted by Gasteiger charge is -2.24. The number of halogens is 1. The summed E-state index contributed by atoms with van der Waals surface area (Å²) >= 11 is 3.61. The number of likely N-dealkylation sites (tertiary alicyclic amines) is 1. The molecule has 1 fully saturated rings. The highest BCUT2D eigenvalue weighted by molar-refractivity contribution is 9.10. The first-order chi connectivity index (χ1) is 10.3. The molecule has 21 heavy (non-hydrogen) atoms. The Hall–Kier alpha value is -1.32. The van der Waals surface area contributed by atoms with E-state index in [2.05, 4.69) is 63.0 Å². The Bertz CT molecular complexity index is 784. The van der Waals surface area contributed by atoms with E-state index in [1.54, 1.807) is 4.90 Å². The second-order valence-electron chi connectivity index (χ2n) is 6.08.